The van der Waals surface area contributed by atoms with Gasteiger partial charge in [-0.15, -0.1) is 0 Å². The van der Waals surface area contributed by atoms with Crippen LogP contribution in [0.25, 0.3) is 10.1 Å². The third kappa shape index (κ3) is 1.56. The van der Waals surface area contributed by atoms with E-state index in [1.54, 1.807) is 0 Å². The summed E-state index contributed by atoms with van der Waals surface area (Å²) in [7, 11) is 0. The van der Waals surface area contributed by atoms with Gasteiger partial charge in [0.1, 0.15) is 0 Å². The van der Waals surface area contributed by atoms with Gasteiger partial charge in [0.25, 0.3) is 5.56 Å². The number of aromatic amines is 1. The van der Waals surface area contributed by atoms with Gasteiger partial charge in [0, 0.05) is 0 Å². The zero-order valence-corrected chi connectivity index (χ0v) is 7.94. The molecule has 3 heteroatoms. The minimum atomic E-state index is 0.0144. The second kappa shape index (κ2) is 4.07. The van der Waals surface area contributed by atoms with Crippen molar-refractivity contribution in [3.05, 3.63) is 34.6 Å². The Hall–Kier alpha value is -1.09. The first-order valence-electron chi connectivity index (χ1n) is 3.94. The highest BCUT2D eigenvalue weighted by molar-refractivity contribution is 7.13. The average molecular weight is 181 g/mol. The maximum atomic E-state index is 10.9. The van der Waals surface area contributed by atoms with Gasteiger partial charge in [0.2, 0.25) is 0 Å². The van der Waals surface area contributed by atoms with Crippen molar-refractivity contribution < 1.29 is 0 Å². The molecule has 0 amide bonds. The summed E-state index contributed by atoms with van der Waals surface area (Å²) in [5, 5.41) is 0.785. The van der Waals surface area contributed by atoms with Crippen LogP contribution < -0.4 is 5.56 Å². The molecule has 0 saturated heterocycles. The van der Waals surface area contributed by atoms with Gasteiger partial charge >= 0.3 is 0 Å². The fourth-order valence-corrected chi connectivity index (χ4v) is 1.63. The van der Waals surface area contributed by atoms with Gasteiger partial charge in [-0.05, 0) is 12.1 Å². The second-order valence-corrected chi connectivity index (χ2v) is 2.88. The molecule has 0 radical (unpaired) electrons. The highest BCUT2D eigenvalue weighted by atomic mass is 32.1. The summed E-state index contributed by atoms with van der Waals surface area (Å²) in [5.41, 5.74) is 0.0144. The van der Waals surface area contributed by atoms with Crippen LogP contribution in [0.2, 0.25) is 0 Å². The topological polar surface area (TPSA) is 32.9 Å². The average Bonchev–Trinajstić information content (AvgIpc) is 2.53. The van der Waals surface area contributed by atoms with E-state index in [1.807, 2.05) is 38.1 Å². The molecule has 12 heavy (non-hydrogen) atoms. The maximum Gasteiger partial charge on any atom is 0.265 e. The van der Waals surface area contributed by atoms with E-state index in [0.717, 1.165) is 10.1 Å². The molecule has 0 aliphatic heterocycles. The van der Waals surface area contributed by atoms with Crippen LogP contribution in [0.4, 0.5) is 0 Å². The molecule has 0 unspecified atom stereocenters. The summed E-state index contributed by atoms with van der Waals surface area (Å²) in [4.78, 5) is 10.9. The molecule has 0 spiro atoms. The standard InChI is InChI=1S/C7H5NOS.C2H6/c9-7-5-3-1-2-4-6(5)10-8-7;1-2/h1-4H,(H,8,9);1-2H3. The lowest BCUT2D eigenvalue weighted by atomic mass is 10.3. The van der Waals surface area contributed by atoms with Gasteiger partial charge in [0.15, 0.2) is 0 Å². The number of nitrogens with one attached hydrogen (secondary N) is 1. The Labute approximate surface area is 75.0 Å². The minimum Gasteiger partial charge on any atom is -0.277 e. The van der Waals surface area contributed by atoms with Crippen molar-refractivity contribution in [2.75, 3.05) is 0 Å². The summed E-state index contributed by atoms with van der Waals surface area (Å²) in [5.74, 6) is 0. The quantitative estimate of drug-likeness (QED) is 0.665. The van der Waals surface area contributed by atoms with Crippen molar-refractivity contribution in [3.63, 3.8) is 0 Å². The second-order valence-electron chi connectivity index (χ2n) is 2.03. The summed E-state index contributed by atoms with van der Waals surface area (Å²) in [6.45, 7) is 4.00. The molecule has 1 aromatic carbocycles. The van der Waals surface area contributed by atoms with Crippen LogP contribution in [0, 0.1) is 0 Å². The molecule has 0 atom stereocenters. The van der Waals surface area contributed by atoms with Crippen LogP contribution in [0.15, 0.2) is 29.1 Å². The van der Waals surface area contributed by atoms with Gasteiger partial charge in [-0.3, -0.25) is 9.17 Å². The first-order valence-corrected chi connectivity index (χ1v) is 4.76. The molecule has 0 saturated carbocycles. The summed E-state index contributed by atoms with van der Waals surface area (Å²) < 4.78 is 3.68. The van der Waals surface area contributed by atoms with Gasteiger partial charge in [0.05, 0.1) is 10.1 Å². The first-order chi connectivity index (χ1) is 5.88. The van der Waals surface area contributed by atoms with Crippen LogP contribution in [-0.2, 0) is 0 Å². The number of aromatic nitrogens is 1. The zero-order valence-electron chi connectivity index (χ0n) is 7.13. The van der Waals surface area contributed by atoms with Crippen molar-refractivity contribution in [1.82, 2.24) is 4.37 Å². The van der Waals surface area contributed by atoms with E-state index >= 15 is 0 Å². The molecule has 2 aromatic rings. The van der Waals surface area contributed by atoms with Gasteiger partial charge < -0.3 is 0 Å². The zero-order chi connectivity index (χ0) is 8.97. The van der Waals surface area contributed by atoms with E-state index in [9.17, 15) is 4.79 Å². The summed E-state index contributed by atoms with van der Waals surface area (Å²) in [6, 6.07) is 7.54. The highest BCUT2D eigenvalue weighted by Gasteiger charge is 1.96. The Morgan fingerprint density at radius 3 is 2.58 bits per heavy atom. The summed E-state index contributed by atoms with van der Waals surface area (Å²) >= 11 is 1.38. The van der Waals surface area contributed by atoms with Crippen LogP contribution in [0.5, 0.6) is 0 Å². The molecule has 0 aliphatic carbocycles. The van der Waals surface area contributed by atoms with Crippen molar-refractivity contribution >= 4 is 21.6 Å². The minimum absolute atomic E-state index is 0.0144. The molecule has 0 bridgehead atoms. The number of hydrogen-bond donors (Lipinski definition) is 1. The molecule has 2 nitrogen and oxygen atoms in total. The molecule has 64 valence electrons. The first kappa shape index (κ1) is 9.00. The van der Waals surface area contributed by atoms with Crippen molar-refractivity contribution in [2.24, 2.45) is 0 Å². The van der Waals surface area contributed by atoms with E-state index in [0.29, 0.717) is 0 Å². The lowest BCUT2D eigenvalue weighted by Gasteiger charge is -1.79. The predicted octanol–water partition coefficient (Wildman–Crippen LogP) is 2.62. The largest absolute Gasteiger partial charge is 0.277 e. The lowest BCUT2D eigenvalue weighted by molar-refractivity contribution is 1.46. The van der Waals surface area contributed by atoms with Crippen molar-refractivity contribution in [3.8, 4) is 0 Å². The smallest absolute Gasteiger partial charge is 0.265 e. The predicted molar refractivity (Wildman–Crippen MR) is 53.8 cm³/mol. The van der Waals surface area contributed by atoms with Gasteiger partial charge in [-0.2, -0.15) is 0 Å². The van der Waals surface area contributed by atoms with Crippen LogP contribution in [-0.4, -0.2) is 4.37 Å². The Morgan fingerprint density at radius 2 is 1.92 bits per heavy atom. The Morgan fingerprint density at radius 1 is 1.25 bits per heavy atom. The lowest BCUT2D eigenvalue weighted by Crippen LogP contribution is -1.94. The molecule has 0 aliphatic rings. The maximum absolute atomic E-state index is 10.9. The van der Waals surface area contributed by atoms with Crippen LogP contribution in [0.1, 0.15) is 13.8 Å². The molecule has 0 fully saturated rings. The van der Waals surface area contributed by atoms with Gasteiger partial charge in [-0.25, -0.2) is 0 Å². The number of hydrogen-bond acceptors (Lipinski definition) is 2. The van der Waals surface area contributed by atoms with E-state index in [1.165, 1.54) is 11.5 Å². The fourth-order valence-electron chi connectivity index (χ4n) is 0.900. The summed E-state index contributed by atoms with van der Waals surface area (Å²) in [6.07, 6.45) is 0. The number of benzene rings is 1. The van der Waals surface area contributed by atoms with Crippen LogP contribution >= 0.6 is 11.5 Å². The number of H-pyrrole nitrogens is 1. The SMILES string of the molecule is CC.O=c1[nH]sc2ccccc12. The monoisotopic (exact) mass is 181 g/mol. The van der Waals surface area contributed by atoms with E-state index < -0.39 is 0 Å². The van der Waals surface area contributed by atoms with E-state index in [2.05, 4.69) is 4.37 Å². The highest BCUT2D eigenvalue weighted by Crippen LogP contribution is 2.11. The molecule has 1 aromatic heterocycles. The molecule has 1 N–H and O–H groups in total. The third-order valence-corrected chi connectivity index (χ3v) is 2.25. The third-order valence-electron chi connectivity index (χ3n) is 1.39. The Balaban J connectivity index is 0.000000336. The molecular formula is C9H11NOS. The number of fused-ring (bicyclic) bond motifs is 1. The fraction of sp³-hybridized carbons (Fsp3) is 0.222. The van der Waals surface area contributed by atoms with E-state index in [-0.39, 0.29) is 5.56 Å². The Bertz CT molecular complexity index is 402. The molecule has 2 rings (SSSR count). The number of rotatable bonds is 0. The molecule has 1 heterocycles. The molecular weight excluding hydrogens is 170 g/mol. The van der Waals surface area contributed by atoms with Crippen LogP contribution in [0.3, 0.4) is 0 Å². The Kier molecular flexibility index (Phi) is 3.05. The normalized spacial score (nSPS) is 9.17. The van der Waals surface area contributed by atoms with Crippen molar-refractivity contribution in [1.29, 1.82) is 0 Å². The van der Waals surface area contributed by atoms with E-state index in [4.69, 9.17) is 0 Å². The van der Waals surface area contributed by atoms with Crippen molar-refractivity contribution in [2.45, 2.75) is 13.8 Å². The van der Waals surface area contributed by atoms with Gasteiger partial charge in [-0.1, -0.05) is 37.5 Å².